The summed E-state index contributed by atoms with van der Waals surface area (Å²) in [6.45, 7) is 2.98. The number of rotatable bonds is 11. The van der Waals surface area contributed by atoms with E-state index < -0.39 is 5.91 Å². The molecule has 0 radical (unpaired) electrons. The smallest absolute Gasteiger partial charge is 0.238 e. The van der Waals surface area contributed by atoms with Crippen molar-refractivity contribution in [1.82, 2.24) is 9.88 Å². The van der Waals surface area contributed by atoms with Crippen LogP contribution in [0.2, 0.25) is 0 Å². The average Bonchev–Trinajstić information content (AvgIpc) is 2.65. The van der Waals surface area contributed by atoms with Gasteiger partial charge in [0, 0.05) is 17.6 Å². The minimum atomic E-state index is -0.424. The van der Waals surface area contributed by atoms with Gasteiger partial charge >= 0.3 is 0 Å². The second-order valence-electron chi connectivity index (χ2n) is 6.24. The largest absolute Gasteiger partial charge is 0.369 e. The van der Waals surface area contributed by atoms with Gasteiger partial charge in [-0.05, 0) is 42.8 Å². The third kappa shape index (κ3) is 8.23. The molecular formula is C20H26N4O2S. The summed E-state index contributed by atoms with van der Waals surface area (Å²) in [4.78, 5) is 29.6. The number of primary amides is 1. The van der Waals surface area contributed by atoms with E-state index >= 15 is 0 Å². The second kappa shape index (κ2) is 11.4. The fraction of sp³-hybridized carbons (Fsp3) is 0.350. The van der Waals surface area contributed by atoms with Crippen molar-refractivity contribution in [3.8, 4) is 0 Å². The zero-order chi connectivity index (χ0) is 19.5. The molecule has 0 saturated heterocycles. The molecule has 0 spiro atoms. The van der Waals surface area contributed by atoms with Crippen LogP contribution in [0.4, 0.5) is 5.69 Å². The molecule has 0 aliphatic rings. The number of thioether (sulfide) groups is 1. The second-order valence-corrected chi connectivity index (χ2v) is 7.23. The van der Waals surface area contributed by atoms with Gasteiger partial charge in [-0.25, -0.2) is 4.98 Å². The molecule has 6 nitrogen and oxygen atoms in total. The number of anilines is 1. The third-order valence-electron chi connectivity index (χ3n) is 3.81. The maximum Gasteiger partial charge on any atom is 0.238 e. The quantitative estimate of drug-likeness (QED) is 0.580. The minimum Gasteiger partial charge on any atom is -0.369 e. The predicted molar refractivity (Wildman–Crippen MR) is 109 cm³/mol. The number of pyridine rings is 1. The van der Waals surface area contributed by atoms with Gasteiger partial charge in [-0.3, -0.25) is 14.5 Å². The molecule has 3 N–H and O–H groups in total. The van der Waals surface area contributed by atoms with Gasteiger partial charge in [0.2, 0.25) is 11.8 Å². The summed E-state index contributed by atoms with van der Waals surface area (Å²) in [6.07, 6.45) is 3.68. The van der Waals surface area contributed by atoms with Crippen LogP contribution in [-0.2, 0) is 15.3 Å². The Morgan fingerprint density at radius 2 is 2.04 bits per heavy atom. The van der Waals surface area contributed by atoms with E-state index in [9.17, 15) is 9.59 Å². The van der Waals surface area contributed by atoms with Crippen molar-refractivity contribution in [3.05, 3.63) is 54.2 Å². The van der Waals surface area contributed by atoms with Gasteiger partial charge < -0.3 is 11.1 Å². The van der Waals surface area contributed by atoms with Gasteiger partial charge in [-0.15, -0.1) is 11.8 Å². The number of nitrogens with two attached hydrogens (primary N) is 1. The Morgan fingerprint density at radius 1 is 1.19 bits per heavy atom. The molecule has 0 unspecified atom stereocenters. The van der Waals surface area contributed by atoms with Gasteiger partial charge in [0.15, 0.2) is 0 Å². The van der Waals surface area contributed by atoms with Crippen LogP contribution in [0.5, 0.6) is 0 Å². The lowest BCUT2D eigenvalue weighted by Gasteiger charge is -2.19. The lowest BCUT2D eigenvalue weighted by atomic mass is 10.2. The van der Waals surface area contributed by atoms with Crippen molar-refractivity contribution in [3.63, 3.8) is 0 Å². The normalized spacial score (nSPS) is 10.7. The summed E-state index contributed by atoms with van der Waals surface area (Å²) in [6, 6.07) is 13.6. The van der Waals surface area contributed by atoms with E-state index in [1.807, 2.05) is 42.5 Å². The molecule has 0 aliphatic carbocycles. The van der Waals surface area contributed by atoms with E-state index in [-0.39, 0.29) is 19.0 Å². The van der Waals surface area contributed by atoms with E-state index in [0.717, 1.165) is 34.9 Å². The van der Waals surface area contributed by atoms with Crippen LogP contribution in [0.3, 0.4) is 0 Å². The van der Waals surface area contributed by atoms with E-state index in [1.165, 1.54) is 0 Å². The first kappa shape index (κ1) is 20.9. The zero-order valence-electron chi connectivity index (χ0n) is 15.6. The molecule has 1 aromatic carbocycles. The molecule has 2 amide bonds. The van der Waals surface area contributed by atoms with E-state index in [2.05, 4.69) is 17.2 Å². The van der Waals surface area contributed by atoms with Crippen molar-refractivity contribution in [2.75, 3.05) is 25.0 Å². The fourth-order valence-electron chi connectivity index (χ4n) is 2.55. The lowest BCUT2D eigenvalue weighted by molar-refractivity contribution is -0.121. The first-order valence-corrected chi connectivity index (χ1v) is 9.98. The summed E-state index contributed by atoms with van der Waals surface area (Å²) in [5.74, 6) is 0.194. The number of hydrogen-bond donors (Lipinski definition) is 2. The molecule has 0 aliphatic heterocycles. The molecule has 0 fully saturated rings. The summed E-state index contributed by atoms with van der Waals surface area (Å²) in [5.41, 5.74) is 7.12. The van der Waals surface area contributed by atoms with Crippen LogP contribution in [0.25, 0.3) is 0 Å². The van der Waals surface area contributed by atoms with Crippen LogP contribution >= 0.6 is 11.8 Å². The molecule has 7 heteroatoms. The highest BCUT2D eigenvalue weighted by Crippen LogP contribution is 2.22. The van der Waals surface area contributed by atoms with Crippen LogP contribution in [-0.4, -0.2) is 41.3 Å². The monoisotopic (exact) mass is 386 g/mol. The molecule has 0 bridgehead atoms. The number of benzene rings is 1. The molecule has 144 valence electrons. The van der Waals surface area contributed by atoms with Gasteiger partial charge in [0.25, 0.3) is 0 Å². The summed E-state index contributed by atoms with van der Waals surface area (Å²) < 4.78 is 0. The van der Waals surface area contributed by atoms with E-state index in [4.69, 9.17) is 5.73 Å². The van der Waals surface area contributed by atoms with E-state index in [1.54, 1.807) is 22.9 Å². The van der Waals surface area contributed by atoms with Crippen molar-refractivity contribution < 1.29 is 9.59 Å². The van der Waals surface area contributed by atoms with Crippen molar-refractivity contribution in [2.24, 2.45) is 5.73 Å². The molecule has 1 heterocycles. The first-order valence-electron chi connectivity index (χ1n) is 9.00. The Labute approximate surface area is 164 Å². The fourth-order valence-corrected chi connectivity index (χ4v) is 3.35. The van der Waals surface area contributed by atoms with Gasteiger partial charge in [0.1, 0.15) is 0 Å². The minimum absolute atomic E-state index is 0.0914. The number of carbonyl (C=O) groups is 2. The topological polar surface area (TPSA) is 88.3 Å². The van der Waals surface area contributed by atoms with Crippen molar-refractivity contribution in [1.29, 1.82) is 0 Å². The first-order chi connectivity index (χ1) is 13.1. The number of nitrogens with one attached hydrogen (secondary N) is 1. The molecule has 27 heavy (non-hydrogen) atoms. The highest BCUT2D eigenvalue weighted by atomic mass is 32.2. The highest BCUT2D eigenvalue weighted by molar-refractivity contribution is 7.98. The lowest BCUT2D eigenvalue weighted by Crippen LogP contribution is -2.39. The Morgan fingerprint density at radius 3 is 2.74 bits per heavy atom. The molecule has 0 atom stereocenters. The SMILES string of the molecule is CCCCN(CC(N)=O)CC(=O)Nc1cccc(CSc2ccccn2)c1. The Balaban J connectivity index is 1.89. The highest BCUT2D eigenvalue weighted by Gasteiger charge is 2.13. The Kier molecular flexibility index (Phi) is 8.80. The number of nitrogens with zero attached hydrogens (tertiary/aromatic N) is 2. The standard InChI is InChI=1S/C20H26N4O2S/c1-2-3-11-24(13-18(21)25)14-19(26)23-17-8-6-7-16(12-17)15-27-20-9-4-5-10-22-20/h4-10,12H,2-3,11,13-15H2,1H3,(H2,21,25)(H,23,26). The number of aromatic nitrogens is 1. The average molecular weight is 387 g/mol. The van der Waals surface area contributed by atoms with Gasteiger partial charge in [0.05, 0.1) is 18.1 Å². The van der Waals surface area contributed by atoms with Crippen molar-refractivity contribution in [2.45, 2.75) is 30.5 Å². The predicted octanol–water partition coefficient (Wildman–Crippen LogP) is 2.90. The van der Waals surface area contributed by atoms with Crippen LogP contribution in [0, 0.1) is 0 Å². The molecule has 0 saturated carbocycles. The Bertz CT molecular complexity index is 740. The summed E-state index contributed by atoms with van der Waals surface area (Å²) in [5, 5.41) is 3.87. The van der Waals surface area contributed by atoms with Gasteiger partial charge in [-0.2, -0.15) is 0 Å². The molecule has 1 aromatic heterocycles. The number of hydrogen-bond acceptors (Lipinski definition) is 5. The maximum atomic E-state index is 12.3. The van der Waals surface area contributed by atoms with Crippen LogP contribution in [0.15, 0.2) is 53.7 Å². The van der Waals surface area contributed by atoms with Gasteiger partial charge in [-0.1, -0.05) is 31.5 Å². The van der Waals surface area contributed by atoms with Crippen LogP contribution in [0.1, 0.15) is 25.3 Å². The summed E-state index contributed by atoms with van der Waals surface area (Å²) >= 11 is 1.64. The molecular weight excluding hydrogens is 360 g/mol. The molecule has 2 aromatic rings. The van der Waals surface area contributed by atoms with E-state index in [0.29, 0.717) is 6.54 Å². The van der Waals surface area contributed by atoms with Crippen molar-refractivity contribution >= 4 is 29.3 Å². The number of amides is 2. The number of unbranched alkanes of at least 4 members (excludes halogenated alkanes) is 1. The third-order valence-corrected chi connectivity index (χ3v) is 4.82. The maximum absolute atomic E-state index is 12.3. The Hall–Kier alpha value is -2.38. The molecule has 2 rings (SSSR count). The van der Waals surface area contributed by atoms with Crippen LogP contribution < -0.4 is 11.1 Å². The summed E-state index contributed by atoms with van der Waals surface area (Å²) in [7, 11) is 0. The zero-order valence-corrected chi connectivity index (χ0v) is 16.4. The number of carbonyl (C=O) groups excluding carboxylic acids is 2.